The van der Waals surface area contributed by atoms with E-state index < -0.39 is 18.2 Å². The molecule has 3 atom stereocenters. The van der Waals surface area contributed by atoms with Crippen molar-refractivity contribution in [2.24, 2.45) is 5.92 Å². The Bertz CT molecular complexity index is 775. The third-order valence-electron chi connectivity index (χ3n) is 4.44. The third kappa shape index (κ3) is 3.47. The van der Waals surface area contributed by atoms with Gasteiger partial charge in [-0.3, -0.25) is 9.59 Å². The second-order valence-electron chi connectivity index (χ2n) is 6.62. The number of β-amino-alcohol motifs (C(OH)–C–C–N with tert-alkyl or cyclic N) is 1. The molecule has 1 aliphatic rings. The molecule has 0 aliphatic carbocycles. The molecule has 2 amide bonds. The highest BCUT2D eigenvalue weighted by Crippen LogP contribution is 2.28. The van der Waals surface area contributed by atoms with Crippen LogP contribution >= 0.6 is 11.3 Å². The first-order valence-corrected chi connectivity index (χ1v) is 9.32. The summed E-state index contributed by atoms with van der Waals surface area (Å²) >= 11 is 1.44. The third-order valence-corrected chi connectivity index (χ3v) is 5.24. The first-order valence-electron chi connectivity index (χ1n) is 8.44. The Kier molecular flexibility index (Phi) is 5.33. The number of aliphatic hydroxyl groups is 1. The van der Waals surface area contributed by atoms with E-state index in [1.165, 1.54) is 28.0 Å². The molecule has 2 N–H and O–H groups in total. The molecule has 140 valence electrons. The molecule has 0 bridgehead atoms. The van der Waals surface area contributed by atoms with E-state index >= 15 is 0 Å². The van der Waals surface area contributed by atoms with Crippen LogP contribution in [0.15, 0.2) is 17.8 Å². The van der Waals surface area contributed by atoms with Gasteiger partial charge in [-0.1, -0.05) is 19.1 Å². The highest BCUT2D eigenvalue weighted by atomic mass is 32.1. The average molecular weight is 378 g/mol. The topological polar surface area (TPSA) is 113 Å². The van der Waals surface area contributed by atoms with E-state index in [9.17, 15) is 14.7 Å². The highest BCUT2D eigenvalue weighted by molar-refractivity contribution is 7.13. The minimum atomic E-state index is -0.712. The van der Waals surface area contributed by atoms with E-state index in [0.717, 1.165) is 5.01 Å². The number of nitrogens with zero attached hydrogens (tertiary/aromatic N) is 5. The number of likely N-dealkylation sites (N-methyl/N-ethyl adjacent to an activating group) is 1. The number of nitrogens with one attached hydrogen (secondary N) is 1. The summed E-state index contributed by atoms with van der Waals surface area (Å²) in [7, 11) is 1.52. The zero-order chi connectivity index (χ0) is 18.8. The number of aromatic nitrogens is 4. The quantitative estimate of drug-likeness (QED) is 0.774. The van der Waals surface area contributed by atoms with Gasteiger partial charge in [-0.15, -0.1) is 16.4 Å². The molecule has 1 fully saturated rings. The normalized spacial score (nSPS) is 21.2. The summed E-state index contributed by atoms with van der Waals surface area (Å²) in [4.78, 5) is 30.9. The van der Waals surface area contributed by atoms with Crippen LogP contribution in [0.3, 0.4) is 0 Å². The van der Waals surface area contributed by atoms with Gasteiger partial charge in [-0.2, -0.15) is 0 Å². The zero-order valence-corrected chi connectivity index (χ0v) is 15.7. The molecule has 1 saturated heterocycles. The van der Waals surface area contributed by atoms with Crippen LogP contribution in [0.5, 0.6) is 0 Å². The Morgan fingerprint density at radius 2 is 2.19 bits per heavy atom. The van der Waals surface area contributed by atoms with Gasteiger partial charge in [-0.05, 0) is 5.92 Å². The summed E-state index contributed by atoms with van der Waals surface area (Å²) in [6.07, 6.45) is 2.90. The standard InChI is InChI=1S/C16H22N6O3S/c1-9(2)13(22-8-11(19-20-22)15-18-4-5-26-15)16(25)21-7-10(23)6-12(21)14(24)17-3/h4-5,8-10,12-13,23H,6-7H2,1-3H3,(H,17,24)/t10-,12+,13+/m1/s1. The van der Waals surface area contributed by atoms with Crippen LogP contribution in [0.4, 0.5) is 0 Å². The molecular weight excluding hydrogens is 356 g/mol. The molecule has 9 nitrogen and oxygen atoms in total. The van der Waals surface area contributed by atoms with Crippen LogP contribution in [-0.4, -0.2) is 67.5 Å². The summed E-state index contributed by atoms with van der Waals surface area (Å²) in [5.74, 6) is -0.600. The fraction of sp³-hybridized carbons (Fsp3) is 0.562. The SMILES string of the molecule is CNC(=O)[C@@H]1C[C@@H](O)CN1C(=O)[C@H](C(C)C)n1cc(-c2nccs2)nn1. The van der Waals surface area contributed by atoms with Crippen LogP contribution in [0.1, 0.15) is 26.3 Å². The van der Waals surface area contributed by atoms with Gasteiger partial charge in [0.1, 0.15) is 22.8 Å². The van der Waals surface area contributed by atoms with E-state index in [0.29, 0.717) is 5.69 Å². The minimum absolute atomic E-state index is 0.0728. The number of rotatable bonds is 5. The monoisotopic (exact) mass is 378 g/mol. The number of likely N-dealkylation sites (tertiary alicyclic amines) is 1. The van der Waals surface area contributed by atoms with Crippen molar-refractivity contribution in [3.05, 3.63) is 17.8 Å². The molecule has 26 heavy (non-hydrogen) atoms. The largest absolute Gasteiger partial charge is 0.391 e. The van der Waals surface area contributed by atoms with Crippen molar-refractivity contribution in [1.82, 2.24) is 30.2 Å². The van der Waals surface area contributed by atoms with Gasteiger partial charge in [0.05, 0.1) is 12.3 Å². The Hall–Kier alpha value is -2.33. The fourth-order valence-electron chi connectivity index (χ4n) is 3.21. The molecule has 0 unspecified atom stereocenters. The maximum Gasteiger partial charge on any atom is 0.248 e. The lowest BCUT2D eigenvalue weighted by molar-refractivity contribution is -0.142. The van der Waals surface area contributed by atoms with Crippen LogP contribution in [-0.2, 0) is 9.59 Å². The molecule has 0 radical (unpaired) electrons. The van der Waals surface area contributed by atoms with E-state index in [1.54, 1.807) is 12.4 Å². The molecular formula is C16H22N6O3S. The first kappa shape index (κ1) is 18.5. The Morgan fingerprint density at radius 3 is 2.81 bits per heavy atom. The average Bonchev–Trinajstić information content (AvgIpc) is 3.33. The number of aliphatic hydroxyl groups excluding tert-OH is 1. The maximum atomic E-state index is 13.2. The van der Waals surface area contributed by atoms with Gasteiger partial charge in [0, 0.05) is 31.6 Å². The van der Waals surface area contributed by atoms with Gasteiger partial charge >= 0.3 is 0 Å². The molecule has 0 saturated carbocycles. The summed E-state index contributed by atoms with van der Waals surface area (Å²) in [6.45, 7) is 3.96. The fourth-order valence-corrected chi connectivity index (χ4v) is 3.79. The first-order chi connectivity index (χ1) is 12.4. The number of carbonyl (C=O) groups excluding carboxylic acids is 2. The lowest BCUT2D eigenvalue weighted by Gasteiger charge is -2.29. The van der Waals surface area contributed by atoms with Gasteiger partial charge in [0.25, 0.3) is 0 Å². The second kappa shape index (κ2) is 7.50. The molecule has 2 aromatic rings. The second-order valence-corrected chi connectivity index (χ2v) is 7.51. The van der Waals surface area contributed by atoms with Gasteiger partial charge < -0.3 is 15.3 Å². The van der Waals surface area contributed by atoms with E-state index in [4.69, 9.17) is 0 Å². The van der Waals surface area contributed by atoms with E-state index in [-0.39, 0.29) is 30.7 Å². The molecule has 10 heteroatoms. The molecule has 3 heterocycles. The number of carbonyl (C=O) groups is 2. The number of amides is 2. The lowest BCUT2D eigenvalue weighted by atomic mass is 10.0. The molecule has 0 aromatic carbocycles. The number of hydrogen-bond acceptors (Lipinski definition) is 7. The predicted octanol–water partition coefficient (Wildman–Crippen LogP) is 0.306. The zero-order valence-electron chi connectivity index (χ0n) is 14.9. The number of hydrogen-bond donors (Lipinski definition) is 2. The summed E-state index contributed by atoms with van der Waals surface area (Å²) in [5.41, 5.74) is 0.600. The van der Waals surface area contributed by atoms with Crippen LogP contribution in [0, 0.1) is 5.92 Å². The summed E-state index contributed by atoms with van der Waals surface area (Å²) < 4.78 is 1.52. The molecule has 0 spiro atoms. The summed E-state index contributed by atoms with van der Waals surface area (Å²) in [5, 5.41) is 23.3. The molecule has 2 aromatic heterocycles. The van der Waals surface area contributed by atoms with Crippen molar-refractivity contribution in [1.29, 1.82) is 0 Å². The van der Waals surface area contributed by atoms with Gasteiger partial charge in [0.15, 0.2) is 0 Å². The summed E-state index contributed by atoms with van der Waals surface area (Å²) in [6, 6.07) is -1.29. The van der Waals surface area contributed by atoms with Crippen molar-refractivity contribution in [3.63, 3.8) is 0 Å². The van der Waals surface area contributed by atoms with Gasteiger partial charge in [-0.25, -0.2) is 9.67 Å². The Balaban J connectivity index is 1.88. The lowest BCUT2D eigenvalue weighted by Crippen LogP contribution is -2.48. The van der Waals surface area contributed by atoms with E-state index in [2.05, 4.69) is 20.6 Å². The minimum Gasteiger partial charge on any atom is -0.391 e. The predicted molar refractivity (Wildman–Crippen MR) is 95.2 cm³/mol. The Labute approximate surface area is 155 Å². The van der Waals surface area contributed by atoms with Crippen LogP contribution in [0.2, 0.25) is 0 Å². The smallest absolute Gasteiger partial charge is 0.248 e. The van der Waals surface area contributed by atoms with Gasteiger partial charge in [0.2, 0.25) is 11.8 Å². The van der Waals surface area contributed by atoms with E-state index in [1.807, 2.05) is 19.2 Å². The maximum absolute atomic E-state index is 13.2. The molecule has 3 rings (SSSR count). The molecule has 1 aliphatic heterocycles. The van der Waals surface area contributed by atoms with Crippen molar-refractivity contribution >= 4 is 23.2 Å². The van der Waals surface area contributed by atoms with Crippen LogP contribution < -0.4 is 5.32 Å². The van der Waals surface area contributed by atoms with Crippen molar-refractivity contribution in [2.75, 3.05) is 13.6 Å². The van der Waals surface area contributed by atoms with Crippen molar-refractivity contribution < 1.29 is 14.7 Å². The van der Waals surface area contributed by atoms with Crippen molar-refractivity contribution in [2.45, 2.75) is 38.5 Å². The van der Waals surface area contributed by atoms with Crippen molar-refractivity contribution in [3.8, 4) is 10.7 Å². The number of thiazole rings is 1. The Morgan fingerprint density at radius 1 is 1.42 bits per heavy atom. The highest BCUT2D eigenvalue weighted by Gasteiger charge is 2.42. The van der Waals surface area contributed by atoms with Crippen LogP contribution in [0.25, 0.3) is 10.7 Å².